The molecule has 5 rings (SSSR count). The summed E-state index contributed by atoms with van der Waals surface area (Å²) >= 11 is 0. The lowest BCUT2D eigenvalue weighted by molar-refractivity contribution is 0.827. The van der Waals surface area contributed by atoms with Gasteiger partial charge in [-0.25, -0.2) is 0 Å². The smallest absolute Gasteiger partial charge is 0.0429 e. The van der Waals surface area contributed by atoms with Crippen LogP contribution in [0.4, 0.5) is 17.1 Å². The molecule has 238 valence electrons. The molecule has 3 nitrogen and oxygen atoms in total. The maximum atomic E-state index is 2.46. The Labute approximate surface area is 278 Å². The molecule has 0 aliphatic heterocycles. The predicted molar refractivity (Wildman–Crippen MR) is 200 cm³/mol. The fraction of sp³-hybridized carbons (Fsp3) is 0.302. The molecule has 3 heteroatoms. The Balaban J connectivity index is 1.53. The molecule has 0 radical (unpaired) electrons. The Morgan fingerprint density at radius 3 is 1.20 bits per heavy atom. The van der Waals surface area contributed by atoms with Gasteiger partial charge in [-0.2, -0.15) is 0 Å². The first-order chi connectivity index (χ1) is 22.4. The minimum Gasteiger partial charge on any atom is -0.372 e. The third-order valence-corrected chi connectivity index (χ3v) is 9.41. The van der Waals surface area contributed by atoms with E-state index in [0.29, 0.717) is 0 Å². The average molecular weight is 610 g/mol. The van der Waals surface area contributed by atoms with Crippen LogP contribution < -0.4 is 14.7 Å². The fourth-order valence-electron chi connectivity index (χ4n) is 6.73. The van der Waals surface area contributed by atoms with Gasteiger partial charge in [0, 0.05) is 62.2 Å². The molecule has 5 aromatic rings. The van der Waals surface area contributed by atoms with E-state index in [4.69, 9.17) is 0 Å². The molecular formula is C43H51N3. The highest BCUT2D eigenvalue weighted by Crippen LogP contribution is 2.39. The van der Waals surface area contributed by atoms with Gasteiger partial charge in [-0.15, -0.1) is 0 Å². The highest BCUT2D eigenvalue weighted by Gasteiger charge is 2.22. The minimum absolute atomic E-state index is 0.141. The average Bonchev–Trinajstić information content (AvgIpc) is 3.09. The lowest BCUT2D eigenvalue weighted by Gasteiger charge is -2.29. The van der Waals surface area contributed by atoms with E-state index in [-0.39, 0.29) is 5.92 Å². The molecule has 0 aliphatic carbocycles. The summed E-state index contributed by atoms with van der Waals surface area (Å²) in [6.45, 7) is 19.3. The van der Waals surface area contributed by atoms with Crippen molar-refractivity contribution < 1.29 is 0 Å². The fourth-order valence-corrected chi connectivity index (χ4v) is 6.73. The van der Waals surface area contributed by atoms with Crippen LogP contribution in [0.3, 0.4) is 0 Å². The monoisotopic (exact) mass is 609 g/mol. The van der Waals surface area contributed by atoms with Crippen LogP contribution in [-0.2, 0) is 13.1 Å². The van der Waals surface area contributed by atoms with Gasteiger partial charge < -0.3 is 14.7 Å². The zero-order valence-corrected chi connectivity index (χ0v) is 28.7. The Bertz CT molecular complexity index is 1560. The topological polar surface area (TPSA) is 9.72 Å². The second kappa shape index (κ2) is 15.7. The highest BCUT2D eigenvalue weighted by atomic mass is 15.1. The van der Waals surface area contributed by atoms with Crippen LogP contribution in [0.2, 0.25) is 0 Å². The number of aryl methyl sites for hydroxylation is 2. The van der Waals surface area contributed by atoms with Crippen LogP contribution in [0.1, 0.15) is 72.6 Å². The lowest BCUT2D eigenvalue weighted by atomic mass is 9.81. The van der Waals surface area contributed by atoms with E-state index in [1.54, 1.807) is 0 Å². The summed E-state index contributed by atoms with van der Waals surface area (Å²) in [5.41, 5.74) is 13.2. The van der Waals surface area contributed by atoms with Crippen molar-refractivity contribution in [3.63, 3.8) is 0 Å². The number of nitrogens with zero attached hydrogens (tertiary/aromatic N) is 3. The van der Waals surface area contributed by atoms with Gasteiger partial charge in [-0.1, -0.05) is 84.9 Å². The standard InChI is InChI=1S/C43H51N3/c1-7-44(8-2)38-23-21-37(22-24-38)43(41-27-25-39(29-33(41)5)45(9-3)31-35-17-13-11-14-18-35)42-28-26-40(30-34(42)6)46(10-4)32-36-19-15-12-16-20-36/h11-30,43H,7-10,31-32H2,1-6H3. The number of hydrogen-bond donors (Lipinski definition) is 0. The SMILES string of the molecule is CCN(CC)c1ccc(C(c2ccc(N(CC)Cc3ccccc3)cc2C)c2ccc(N(CC)Cc3ccccc3)cc2C)cc1. The molecular weight excluding hydrogens is 558 g/mol. The molecule has 0 N–H and O–H groups in total. The van der Waals surface area contributed by atoms with E-state index in [0.717, 1.165) is 39.3 Å². The second-order valence-electron chi connectivity index (χ2n) is 12.3. The lowest BCUT2D eigenvalue weighted by Crippen LogP contribution is -2.22. The molecule has 0 aliphatic rings. The highest BCUT2D eigenvalue weighted by molar-refractivity contribution is 5.60. The Morgan fingerprint density at radius 1 is 0.435 bits per heavy atom. The summed E-state index contributed by atoms with van der Waals surface area (Å²) in [6, 6.07) is 45.0. The normalized spacial score (nSPS) is 11.1. The summed E-state index contributed by atoms with van der Waals surface area (Å²) < 4.78 is 0. The molecule has 0 saturated heterocycles. The van der Waals surface area contributed by atoms with Gasteiger partial charge in [-0.05, 0) is 117 Å². The molecule has 0 amide bonds. The van der Waals surface area contributed by atoms with Crippen LogP contribution >= 0.6 is 0 Å². The van der Waals surface area contributed by atoms with E-state index in [1.165, 1.54) is 56.0 Å². The molecule has 46 heavy (non-hydrogen) atoms. The molecule has 0 saturated carbocycles. The molecule has 0 spiro atoms. The van der Waals surface area contributed by atoms with Crippen molar-refractivity contribution in [2.75, 3.05) is 40.9 Å². The zero-order chi connectivity index (χ0) is 32.5. The largest absolute Gasteiger partial charge is 0.372 e. The molecule has 5 aromatic carbocycles. The molecule has 0 unspecified atom stereocenters. The van der Waals surface area contributed by atoms with Crippen molar-refractivity contribution in [1.82, 2.24) is 0 Å². The van der Waals surface area contributed by atoms with Crippen molar-refractivity contribution in [3.8, 4) is 0 Å². The zero-order valence-electron chi connectivity index (χ0n) is 28.7. The third kappa shape index (κ3) is 7.65. The first kappa shape index (κ1) is 32.9. The first-order valence-corrected chi connectivity index (χ1v) is 17.1. The van der Waals surface area contributed by atoms with Gasteiger partial charge in [0.2, 0.25) is 0 Å². The van der Waals surface area contributed by atoms with Gasteiger partial charge in [0.1, 0.15) is 0 Å². The Hall–Kier alpha value is -4.50. The van der Waals surface area contributed by atoms with Gasteiger partial charge in [-0.3, -0.25) is 0 Å². The maximum absolute atomic E-state index is 2.46. The van der Waals surface area contributed by atoms with Crippen molar-refractivity contribution >= 4 is 17.1 Å². The summed E-state index contributed by atoms with van der Waals surface area (Å²) in [6.07, 6.45) is 0. The number of rotatable bonds is 14. The Kier molecular flexibility index (Phi) is 11.2. The first-order valence-electron chi connectivity index (χ1n) is 17.1. The summed E-state index contributed by atoms with van der Waals surface area (Å²) in [4.78, 5) is 7.34. The second-order valence-corrected chi connectivity index (χ2v) is 12.3. The van der Waals surface area contributed by atoms with Crippen LogP contribution in [-0.4, -0.2) is 26.2 Å². The number of anilines is 3. The van der Waals surface area contributed by atoms with Gasteiger partial charge in [0.15, 0.2) is 0 Å². The van der Waals surface area contributed by atoms with Gasteiger partial charge in [0.25, 0.3) is 0 Å². The molecule has 0 heterocycles. The van der Waals surface area contributed by atoms with E-state index in [1.807, 2.05) is 0 Å². The van der Waals surface area contributed by atoms with Crippen LogP contribution in [0.5, 0.6) is 0 Å². The molecule has 0 atom stereocenters. The van der Waals surface area contributed by atoms with E-state index < -0.39 is 0 Å². The summed E-state index contributed by atoms with van der Waals surface area (Å²) in [5, 5.41) is 0. The maximum Gasteiger partial charge on any atom is 0.0429 e. The van der Waals surface area contributed by atoms with E-state index in [9.17, 15) is 0 Å². The molecule has 0 fully saturated rings. The number of benzene rings is 5. The summed E-state index contributed by atoms with van der Waals surface area (Å²) in [7, 11) is 0. The van der Waals surface area contributed by atoms with Crippen LogP contribution in [0, 0.1) is 13.8 Å². The Morgan fingerprint density at radius 2 is 0.826 bits per heavy atom. The van der Waals surface area contributed by atoms with Crippen molar-refractivity contribution in [2.45, 2.75) is 60.5 Å². The van der Waals surface area contributed by atoms with Crippen LogP contribution in [0.25, 0.3) is 0 Å². The van der Waals surface area contributed by atoms with Gasteiger partial charge >= 0.3 is 0 Å². The van der Waals surface area contributed by atoms with E-state index >= 15 is 0 Å². The number of hydrogen-bond acceptors (Lipinski definition) is 3. The van der Waals surface area contributed by atoms with Crippen molar-refractivity contribution in [2.24, 2.45) is 0 Å². The van der Waals surface area contributed by atoms with Gasteiger partial charge in [0.05, 0.1) is 0 Å². The molecule has 0 aromatic heterocycles. The molecule has 0 bridgehead atoms. The van der Waals surface area contributed by atoms with Crippen molar-refractivity contribution in [3.05, 3.63) is 160 Å². The predicted octanol–water partition coefficient (Wildman–Crippen LogP) is 10.4. The van der Waals surface area contributed by atoms with Crippen molar-refractivity contribution in [1.29, 1.82) is 0 Å². The van der Waals surface area contributed by atoms with E-state index in [2.05, 4.69) is 178 Å². The summed E-state index contributed by atoms with van der Waals surface area (Å²) in [5.74, 6) is 0.141. The quantitative estimate of drug-likeness (QED) is 0.116. The minimum atomic E-state index is 0.141. The van der Waals surface area contributed by atoms with Crippen LogP contribution in [0.15, 0.2) is 121 Å². The third-order valence-electron chi connectivity index (χ3n) is 9.41.